The summed E-state index contributed by atoms with van der Waals surface area (Å²) in [7, 11) is 0. The summed E-state index contributed by atoms with van der Waals surface area (Å²) in [6.07, 6.45) is 1.49. The van der Waals surface area contributed by atoms with Gasteiger partial charge in [0.2, 0.25) is 0 Å². The number of aromatic hydroxyl groups is 1. The van der Waals surface area contributed by atoms with Gasteiger partial charge >= 0.3 is 0 Å². The standard InChI is InChI=1S/C14H19NO3/c1-8-7-12(16)9(2)6-11(8)15-14(17)13-5-4-10(3)18-13/h6-7,10,13,16H,4-5H2,1-3H3,(H,15,17). The molecule has 0 bridgehead atoms. The molecule has 0 spiro atoms. The van der Waals surface area contributed by atoms with E-state index in [-0.39, 0.29) is 23.9 Å². The second-order valence-electron chi connectivity index (χ2n) is 4.96. The fourth-order valence-corrected chi connectivity index (χ4v) is 2.14. The van der Waals surface area contributed by atoms with E-state index in [1.165, 1.54) is 0 Å². The maximum absolute atomic E-state index is 12.0. The Balaban J connectivity index is 2.09. The van der Waals surface area contributed by atoms with Gasteiger partial charge in [0.25, 0.3) is 5.91 Å². The Morgan fingerprint density at radius 2 is 2.06 bits per heavy atom. The van der Waals surface area contributed by atoms with Gasteiger partial charge in [0.15, 0.2) is 0 Å². The van der Waals surface area contributed by atoms with Crippen molar-refractivity contribution in [1.82, 2.24) is 0 Å². The molecule has 1 heterocycles. The van der Waals surface area contributed by atoms with Crippen LogP contribution in [0.15, 0.2) is 12.1 Å². The number of ether oxygens (including phenoxy) is 1. The highest BCUT2D eigenvalue weighted by atomic mass is 16.5. The Kier molecular flexibility index (Phi) is 3.57. The summed E-state index contributed by atoms with van der Waals surface area (Å²) in [5.41, 5.74) is 2.33. The SMILES string of the molecule is Cc1cc(NC(=O)C2CCC(C)O2)c(C)cc1O. The van der Waals surface area contributed by atoms with E-state index in [1.807, 2.05) is 13.8 Å². The molecule has 18 heavy (non-hydrogen) atoms. The highest BCUT2D eigenvalue weighted by Crippen LogP contribution is 2.26. The fraction of sp³-hybridized carbons (Fsp3) is 0.500. The molecular weight excluding hydrogens is 230 g/mol. The van der Waals surface area contributed by atoms with Crippen molar-refractivity contribution < 1.29 is 14.6 Å². The normalized spacial score (nSPS) is 23.1. The van der Waals surface area contributed by atoms with Crippen LogP contribution >= 0.6 is 0 Å². The molecule has 1 aromatic carbocycles. The number of nitrogens with one attached hydrogen (secondary N) is 1. The number of carbonyl (C=O) groups is 1. The Morgan fingerprint density at radius 1 is 1.33 bits per heavy atom. The minimum absolute atomic E-state index is 0.104. The van der Waals surface area contributed by atoms with Crippen molar-refractivity contribution in [1.29, 1.82) is 0 Å². The summed E-state index contributed by atoms with van der Waals surface area (Å²) in [4.78, 5) is 12.0. The third-order valence-electron chi connectivity index (χ3n) is 3.33. The third-order valence-corrected chi connectivity index (χ3v) is 3.33. The molecule has 0 aromatic heterocycles. The van der Waals surface area contributed by atoms with Crippen LogP contribution < -0.4 is 5.32 Å². The first kappa shape index (κ1) is 12.9. The number of anilines is 1. The molecule has 0 radical (unpaired) electrons. The van der Waals surface area contributed by atoms with Crippen molar-refractivity contribution in [3.63, 3.8) is 0 Å². The summed E-state index contributed by atoms with van der Waals surface area (Å²) in [6.45, 7) is 5.63. The predicted octanol–water partition coefficient (Wildman–Crippen LogP) is 2.52. The molecule has 1 fully saturated rings. The monoisotopic (exact) mass is 249 g/mol. The molecule has 0 aliphatic carbocycles. The smallest absolute Gasteiger partial charge is 0.253 e. The van der Waals surface area contributed by atoms with Gasteiger partial charge in [0, 0.05) is 5.69 Å². The van der Waals surface area contributed by atoms with E-state index in [0.717, 1.165) is 29.7 Å². The van der Waals surface area contributed by atoms with Gasteiger partial charge in [-0.2, -0.15) is 0 Å². The van der Waals surface area contributed by atoms with Crippen LogP contribution in [0, 0.1) is 13.8 Å². The number of rotatable bonds is 2. The van der Waals surface area contributed by atoms with E-state index in [0.29, 0.717) is 0 Å². The molecule has 4 nitrogen and oxygen atoms in total. The number of phenols is 1. The molecule has 0 saturated carbocycles. The molecule has 4 heteroatoms. The number of hydrogen-bond donors (Lipinski definition) is 2. The Morgan fingerprint density at radius 3 is 2.67 bits per heavy atom. The van der Waals surface area contributed by atoms with E-state index in [2.05, 4.69) is 5.32 Å². The van der Waals surface area contributed by atoms with E-state index in [1.54, 1.807) is 19.1 Å². The molecule has 1 amide bonds. The van der Waals surface area contributed by atoms with Gasteiger partial charge in [-0.05, 0) is 56.9 Å². The second-order valence-corrected chi connectivity index (χ2v) is 4.96. The lowest BCUT2D eigenvalue weighted by atomic mass is 10.1. The van der Waals surface area contributed by atoms with Gasteiger partial charge in [0.1, 0.15) is 11.9 Å². The van der Waals surface area contributed by atoms with Gasteiger partial charge in [-0.3, -0.25) is 4.79 Å². The quantitative estimate of drug-likeness (QED) is 0.792. The van der Waals surface area contributed by atoms with Gasteiger partial charge in [-0.1, -0.05) is 0 Å². The molecule has 2 rings (SSSR count). The Bertz CT molecular complexity index is 470. The summed E-state index contributed by atoms with van der Waals surface area (Å²) in [6, 6.07) is 3.43. The molecule has 2 atom stereocenters. The average Bonchev–Trinajstić information content (AvgIpc) is 2.73. The minimum Gasteiger partial charge on any atom is -0.508 e. The second kappa shape index (κ2) is 4.98. The van der Waals surface area contributed by atoms with Crippen molar-refractivity contribution in [2.45, 2.75) is 45.8 Å². The lowest BCUT2D eigenvalue weighted by Crippen LogP contribution is -2.28. The summed E-state index contributed by atoms with van der Waals surface area (Å²) < 4.78 is 5.53. The van der Waals surface area contributed by atoms with E-state index < -0.39 is 0 Å². The number of aryl methyl sites for hydroxylation is 2. The zero-order valence-corrected chi connectivity index (χ0v) is 11.0. The summed E-state index contributed by atoms with van der Waals surface area (Å²) >= 11 is 0. The van der Waals surface area contributed by atoms with Crippen molar-refractivity contribution in [3.8, 4) is 5.75 Å². The minimum atomic E-state index is -0.353. The van der Waals surface area contributed by atoms with E-state index in [4.69, 9.17) is 4.74 Å². The van der Waals surface area contributed by atoms with E-state index >= 15 is 0 Å². The lowest BCUT2D eigenvalue weighted by molar-refractivity contribution is -0.126. The summed E-state index contributed by atoms with van der Waals surface area (Å²) in [5.74, 6) is 0.142. The highest BCUT2D eigenvalue weighted by molar-refractivity contribution is 5.95. The molecule has 1 aromatic rings. The zero-order valence-electron chi connectivity index (χ0n) is 11.0. The van der Waals surface area contributed by atoms with Gasteiger partial charge in [-0.15, -0.1) is 0 Å². The van der Waals surface area contributed by atoms with Crippen LogP contribution in [-0.4, -0.2) is 23.2 Å². The largest absolute Gasteiger partial charge is 0.508 e. The van der Waals surface area contributed by atoms with Crippen LogP contribution in [0.2, 0.25) is 0 Å². The van der Waals surface area contributed by atoms with Gasteiger partial charge in [-0.25, -0.2) is 0 Å². The first-order chi connectivity index (χ1) is 8.47. The zero-order chi connectivity index (χ0) is 13.3. The van der Waals surface area contributed by atoms with Crippen LogP contribution in [0.5, 0.6) is 5.75 Å². The highest BCUT2D eigenvalue weighted by Gasteiger charge is 2.28. The van der Waals surface area contributed by atoms with Crippen LogP contribution in [-0.2, 0) is 9.53 Å². The van der Waals surface area contributed by atoms with Crippen LogP contribution in [0.25, 0.3) is 0 Å². The molecule has 98 valence electrons. The van der Waals surface area contributed by atoms with E-state index in [9.17, 15) is 9.90 Å². The number of carbonyl (C=O) groups excluding carboxylic acids is 1. The maximum Gasteiger partial charge on any atom is 0.253 e. The van der Waals surface area contributed by atoms with Crippen molar-refractivity contribution in [2.24, 2.45) is 0 Å². The molecule has 1 aliphatic heterocycles. The first-order valence-electron chi connectivity index (χ1n) is 6.24. The Labute approximate surface area is 107 Å². The van der Waals surface area contributed by atoms with Crippen molar-refractivity contribution in [2.75, 3.05) is 5.32 Å². The van der Waals surface area contributed by atoms with Crippen LogP contribution in [0.1, 0.15) is 30.9 Å². The number of hydrogen-bond acceptors (Lipinski definition) is 3. The predicted molar refractivity (Wildman–Crippen MR) is 69.8 cm³/mol. The number of phenolic OH excluding ortho intramolecular Hbond substituents is 1. The topological polar surface area (TPSA) is 58.6 Å². The number of amides is 1. The molecular formula is C14H19NO3. The van der Waals surface area contributed by atoms with Gasteiger partial charge < -0.3 is 15.2 Å². The van der Waals surface area contributed by atoms with Gasteiger partial charge in [0.05, 0.1) is 6.10 Å². The Hall–Kier alpha value is -1.55. The first-order valence-corrected chi connectivity index (χ1v) is 6.24. The average molecular weight is 249 g/mol. The molecule has 1 aliphatic rings. The molecule has 2 N–H and O–H groups in total. The van der Waals surface area contributed by atoms with Crippen LogP contribution in [0.4, 0.5) is 5.69 Å². The maximum atomic E-state index is 12.0. The van der Waals surface area contributed by atoms with Crippen molar-refractivity contribution >= 4 is 11.6 Å². The third kappa shape index (κ3) is 2.64. The molecule has 1 saturated heterocycles. The molecule has 2 unspecified atom stereocenters. The fourth-order valence-electron chi connectivity index (χ4n) is 2.14. The number of benzene rings is 1. The summed E-state index contributed by atoms with van der Waals surface area (Å²) in [5, 5.41) is 12.4. The van der Waals surface area contributed by atoms with Crippen LogP contribution in [0.3, 0.4) is 0 Å². The van der Waals surface area contributed by atoms with Crippen molar-refractivity contribution in [3.05, 3.63) is 23.3 Å². The lowest BCUT2D eigenvalue weighted by Gasteiger charge is -2.14.